The zero-order chi connectivity index (χ0) is 19.0. The molecule has 0 fully saturated rings. The average molecular weight is 379 g/mol. The van der Waals surface area contributed by atoms with Crippen LogP contribution in [0.15, 0.2) is 35.7 Å². The maximum atomic E-state index is 10.9. The number of hydroxylamine groups is 1. The van der Waals surface area contributed by atoms with Crippen LogP contribution in [0.25, 0.3) is 0 Å². The summed E-state index contributed by atoms with van der Waals surface area (Å²) in [5, 5.41) is 13.1. The zero-order valence-corrected chi connectivity index (χ0v) is 16.7. The van der Waals surface area contributed by atoms with Crippen LogP contribution in [0.2, 0.25) is 0 Å². The first-order valence-electron chi connectivity index (χ1n) is 8.95. The number of hydrogen-bond donors (Lipinski definition) is 2. The lowest BCUT2D eigenvalue weighted by atomic mass is 9.83. The Hall–Kier alpha value is -1.63. The van der Waals surface area contributed by atoms with Crippen molar-refractivity contribution in [3.63, 3.8) is 0 Å². The van der Waals surface area contributed by atoms with Crippen LogP contribution in [0.4, 0.5) is 5.69 Å². The quantitative estimate of drug-likeness (QED) is 0.331. The monoisotopic (exact) mass is 378 g/mol. The lowest BCUT2D eigenvalue weighted by Crippen LogP contribution is -2.29. The van der Waals surface area contributed by atoms with Crippen LogP contribution in [0, 0.1) is 0 Å². The Kier molecular flexibility index (Phi) is 7.87. The van der Waals surface area contributed by atoms with Crippen molar-refractivity contribution < 1.29 is 14.7 Å². The minimum absolute atomic E-state index is 0.00491. The molecule has 0 spiro atoms. The minimum Gasteiger partial charge on any atom is -0.372 e. The Morgan fingerprint density at radius 3 is 2.88 bits per heavy atom. The first-order chi connectivity index (χ1) is 12.4. The van der Waals surface area contributed by atoms with Gasteiger partial charge in [0, 0.05) is 30.8 Å². The highest BCUT2D eigenvalue weighted by molar-refractivity contribution is 8.17. The molecule has 0 saturated carbocycles. The van der Waals surface area contributed by atoms with Crippen LogP contribution < -0.4 is 10.4 Å². The molecule has 1 atom stereocenters. The summed E-state index contributed by atoms with van der Waals surface area (Å²) < 4.78 is 5.25. The predicted molar refractivity (Wildman–Crippen MR) is 110 cm³/mol. The molecule has 0 bridgehead atoms. The van der Waals surface area contributed by atoms with E-state index in [0.29, 0.717) is 6.61 Å². The Balaban J connectivity index is 2.02. The first-order valence-corrected chi connectivity index (χ1v) is 10.7. The predicted octanol–water partition coefficient (Wildman–Crippen LogP) is 3.30. The number of hydrogen-bond acceptors (Lipinski definition) is 4. The highest BCUT2D eigenvalue weighted by atomic mass is 32.2. The topological polar surface area (TPSA) is 61.8 Å². The van der Waals surface area contributed by atoms with E-state index in [2.05, 4.69) is 66.1 Å². The largest absolute Gasteiger partial charge is 0.372 e. The molecule has 1 aromatic rings. The van der Waals surface area contributed by atoms with Gasteiger partial charge < -0.3 is 9.64 Å². The van der Waals surface area contributed by atoms with Crippen molar-refractivity contribution in [3.8, 4) is 0 Å². The highest BCUT2D eigenvalue weighted by Gasteiger charge is 2.23. The lowest BCUT2D eigenvalue weighted by Gasteiger charge is -2.31. The van der Waals surface area contributed by atoms with Gasteiger partial charge in [0.2, 0.25) is 0 Å². The van der Waals surface area contributed by atoms with Crippen molar-refractivity contribution in [1.82, 2.24) is 5.48 Å². The van der Waals surface area contributed by atoms with Gasteiger partial charge in [-0.25, -0.2) is 5.48 Å². The Labute approximate surface area is 158 Å². The van der Waals surface area contributed by atoms with E-state index in [1.807, 2.05) is 0 Å². The van der Waals surface area contributed by atoms with E-state index in [1.54, 1.807) is 5.48 Å². The number of ether oxygens (including phenoxy) is 1. The van der Waals surface area contributed by atoms with Crippen molar-refractivity contribution in [1.29, 1.82) is 0 Å². The third kappa shape index (κ3) is 5.97. The normalized spacial score (nSPS) is 20.8. The minimum atomic E-state index is -0.516. The van der Waals surface area contributed by atoms with Gasteiger partial charge in [-0.05, 0) is 41.5 Å². The van der Waals surface area contributed by atoms with Crippen LogP contribution in [-0.4, -0.2) is 49.0 Å². The SMILES string of the molecule is CS1=C/CN(CCCCOCC(=O)NO)c2ccccc2C(C)(C)/C=C\1. The van der Waals surface area contributed by atoms with Gasteiger partial charge in [-0.3, -0.25) is 10.0 Å². The summed E-state index contributed by atoms with van der Waals surface area (Å²) in [6.07, 6.45) is 6.43. The molecule has 144 valence electrons. The van der Waals surface area contributed by atoms with E-state index in [0.717, 1.165) is 25.9 Å². The second-order valence-corrected chi connectivity index (χ2v) is 8.88. The van der Waals surface area contributed by atoms with Crippen molar-refractivity contribution in [3.05, 3.63) is 41.3 Å². The molecule has 2 N–H and O–H groups in total. The fraction of sp³-hybridized carbons (Fsp3) is 0.500. The number of para-hydroxylation sites is 1. The Morgan fingerprint density at radius 2 is 2.12 bits per heavy atom. The number of unbranched alkanes of at least 4 members (excludes halogenated alkanes) is 1. The maximum absolute atomic E-state index is 10.9. The van der Waals surface area contributed by atoms with Crippen LogP contribution in [-0.2, 0) is 14.9 Å². The summed E-state index contributed by atoms with van der Waals surface area (Å²) in [5.74, 6) is -0.516. The molecule has 0 aliphatic carbocycles. The molecule has 0 saturated heterocycles. The van der Waals surface area contributed by atoms with Gasteiger partial charge in [0.1, 0.15) is 6.61 Å². The highest BCUT2D eigenvalue weighted by Crippen LogP contribution is 2.35. The molecule has 1 aliphatic rings. The number of carbonyl (C=O) groups is 1. The van der Waals surface area contributed by atoms with Gasteiger partial charge in [-0.2, -0.15) is 10.5 Å². The number of carbonyl (C=O) groups excluding carboxylic acids is 1. The Morgan fingerprint density at radius 1 is 1.35 bits per heavy atom. The number of benzene rings is 1. The van der Waals surface area contributed by atoms with E-state index >= 15 is 0 Å². The van der Waals surface area contributed by atoms with E-state index in [1.165, 1.54) is 11.3 Å². The number of rotatable bonds is 7. The van der Waals surface area contributed by atoms with Gasteiger partial charge in [0.25, 0.3) is 5.91 Å². The summed E-state index contributed by atoms with van der Waals surface area (Å²) in [6.45, 7) is 6.81. The van der Waals surface area contributed by atoms with Gasteiger partial charge in [-0.1, -0.05) is 38.1 Å². The second kappa shape index (κ2) is 9.90. The molecule has 1 unspecified atom stereocenters. The molecule has 2 rings (SSSR count). The smallest absolute Gasteiger partial charge is 0.269 e. The van der Waals surface area contributed by atoms with Crippen molar-refractivity contribution >= 4 is 27.4 Å². The number of anilines is 1. The number of nitrogens with one attached hydrogen (secondary N) is 1. The zero-order valence-electron chi connectivity index (χ0n) is 15.9. The molecule has 1 aliphatic heterocycles. The van der Waals surface area contributed by atoms with E-state index in [-0.39, 0.29) is 22.5 Å². The van der Waals surface area contributed by atoms with Crippen LogP contribution in [0.3, 0.4) is 0 Å². The Bertz CT molecular complexity index is 671. The molecular formula is C20H30N2O3S. The molecule has 1 heterocycles. The lowest BCUT2D eigenvalue weighted by molar-refractivity contribution is -0.134. The van der Waals surface area contributed by atoms with E-state index in [4.69, 9.17) is 9.94 Å². The molecule has 0 aromatic heterocycles. The first kappa shape index (κ1) is 20.7. The van der Waals surface area contributed by atoms with E-state index in [9.17, 15) is 4.79 Å². The standard InChI is InChI=1S/C20H30N2O3S/c1-20(2)10-14-26(3)15-12-22(18-9-5-4-8-17(18)20)11-6-7-13-25-16-19(23)21-24/h4-5,8-10,14-15,24H,6-7,11-13,16H2,1-3H3,(H,21,23)/b14-10-. The summed E-state index contributed by atoms with van der Waals surface area (Å²) in [4.78, 5) is 13.4. The van der Waals surface area contributed by atoms with Crippen LogP contribution in [0.5, 0.6) is 0 Å². The van der Waals surface area contributed by atoms with Gasteiger partial charge >= 0.3 is 0 Å². The van der Waals surface area contributed by atoms with Crippen LogP contribution >= 0.6 is 10.5 Å². The third-order valence-electron chi connectivity index (χ3n) is 4.52. The number of fused-ring (bicyclic) bond motifs is 1. The summed E-state index contributed by atoms with van der Waals surface area (Å²) in [5.41, 5.74) is 4.20. The number of allylic oxidation sites excluding steroid dienone is 1. The van der Waals surface area contributed by atoms with Gasteiger partial charge in [0.15, 0.2) is 0 Å². The van der Waals surface area contributed by atoms with E-state index < -0.39 is 5.91 Å². The second-order valence-electron chi connectivity index (χ2n) is 7.06. The molecular weight excluding hydrogens is 348 g/mol. The van der Waals surface area contributed by atoms with Crippen molar-refractivity contribution in [2.24, 2.45) is 0 Å². The molecule has 26 heavy (non-hydrogen) atoms. The van der Waals surface area contributed by atoms with Gasteiger partial charge in [0.05, 0.1) is 0 Å². The number of amides is 1. The third-order valence-corrected chi connectivity index (χ3v) is 5.76. The van der Waals surface area contributed by atoms with Crippen molar-refractivity contribution in [2.45, 2.75) is 32.1 Å². The molecule has 0 radical (unpaired) electrons. The summed E-state index contributed by atoms with van der Waals surface area (Å²) in [7, 11) is 0.158. The summed E-state index contributed by atoms with van der Waals surface area (Å²) in [6, 6.07) is 8.65. The van der Waals surface area contributed by atoms with Crippen LogP contribution in [0.1, 0.15) is 32.3 Å². The summed E-state index contributed by atoms with van der Waals surface area (Å²) >= 11 is 0. The van der Waals surface area contributed by atoms with Gasteiger partial charge in [-0.15, -0.1) is 0 Å². The molecule has 5 nitrogen and oxygen atoms in total. The number of nitrogens with zero attached hydrogens (tertiary/aromatic N) is 1. The molecule has 1 aromatic carbocycles. The average Bonchev–Trinajstić information content (AvgIpc) is 2.68. The fourth-order valence-corrected chi connectivity index (χ4v) is 4.02. The fourth-order valence-electron chi connectivity index (χ4n) is 2.94. The van der Waals surface area contributed by atoms with Crippen molar-refractivity contribution in [2.75, 3.05) is 37.5 Å². The molecule has 1 amide bonds. The maximum Gasteiger partial charge on any atom is 0.269 e. The molecule has 6 heteroatoms.